The van der Waals surface area contributed by atoms with Crippen LogP contribution in [0.1, 0.15) is 5.69 Å². The Morgan fingerprint density at radius 1 is 1.08 bits per heavy atom. The highest BCUT2D eigenvalue weighted by Gasteiger charge is 2.09. The van der Waals surface area contributed by atoms with Gasteiger partial charge in [0.2, 0.25) is 0 Å². The molecule has 0 saturated carbocycles. The molecule has 0 aliphatic heterocycles. The summed E-state index contributed by atoms with van der Waals surface area (Å²) in [5.41, 5.74) is 1.49. The number of carbonyl (C=O) groups excluding carboxylic acids is 1. The highest BCUT2D eigenvalue weighted by atomic mass is 16.5. The molecule has 0 saturated heterocycles. The Hall–Kier alpha value is -3.28. The Morgan fingerprint density at radius 2 is 1.88 bits per heavy atom. The maximum absolute atomic E-state index is 11.8. The summed E-state index contributed by atoms with van der Waals surface area (Å²) in [4.78, 5) is 11.8. The number of rotatable bonds is 7. The summed E-state index contributed by atoms with van der Waals surface area (Å²) in [6, 6.07) is 18.5. The second kappa shape index (κ2) is 8.01. The van der Waals surface area contributed by atoms with Crippen molar-refractivity contribution in [3.05, 3.63) is 66.4 Å². The van der Waals surface area contributed by atoms with E-state index in [1.54, 1.807) is 25.3 Å². The van der Waals surface area contributed by atoms with Gasteiger partial charge in [0.05, 0.1) is 13.7 Å². The zero-order valence-corrected chi connectivity index (χ0v) is 13.8. The fourth-order valence-electron chi connectivity index (χ4n) is 2.21. The Labute approximate surface area is 145 Å². The fraction of sp³-hybridized carbons (Fsp3) is 0.158. The van der Waals surface area contributed by atoms with Crippen LogP contribution in [-0.4, -0.2) is 24.8 Å². The van der Waals surface area contributed by atoms with Crippen LogP contribution in [0.2, 0.25) is 0 Å². The zero-order chi connectivity index (χ0) is 17.5. The first-order valence-corrected chi connectivity index (χ1v) is 7.79. The van der Waals surface area contributed by atoms with E-state index in [0.29, 0.717) is 17.2 Å². The molecule has 1 heterocycles. The lowest BCUT2D eigenvalue weighted by Gasteiger charge is -2.05. The number of aromatic nitrogens is 1. The topological polar surface area (TPSA) is 73.6 Å². The predicted molar refractivity (Wildman–Crippen MR) is 92.3 cm³/mol. The molecule has 0 fully saturated rings. The molecule has 0 spiro atoms. The van der Waals surface area contributed by atoms with Gasteiger partial charge >= 0.3 is 0 Å². The second-order valence-electron chi connectivity index (χ2n) is 5.29. The maximum atomic E-state index is 11.8. The lowest BCUT2D eigenvalue weighted by Crippen LogP contribution is -2.28. The third-order valence-electron chi connectivity index (χ3n) is 3.49. The van der Waals surface area contributed by atoms with E-state index in [2.05, 4.69) is 10.5 Å². The van der Waals surface area contributed by atoms with Gasteiger partial charge < -0.3 is 19.3 Å². The normalized spacial score (nSPS) is 10.3. The fourth-order valence-corrected chi connectivity index (χ4v) is 2.21. The number of benzene rings is 2. The molecular weight excluding hydrogens is 320 g/mol. The van der Waals surface area contributed by atoms with Gasteiger partial charge in [-0.2, -0.15) is 0 Å². The number of hydrogen-bond acceptors (Lipinski definition) is 5. The van der Waals surface area contributed by atoms with Crippen LogP contribution in [0.5, 0.6) is 11.5 Å². The Morgan fingerprint density at radius 3 is 2.68 bits per heavy atom. The highest BCUT2D eigenvalue weighted by molar-refractivity contribution is 5.77. The molecule has 0 unspecified atom stereocenters. The highest BCUT2D eigenvalue weighted by Crippen LogP contribution is 2.24. The van der Waals surface area contributed by atoms with Gasteiger partial charge in [0.15, 0.2) is 12.4 Å². The summed E-state index contributed by atoms with van der Waals surface area (Å²) in [6.45, 7) is 0.217. The minimum Gasteiger partial charge on any atom is -0.497 e. The molecule has 0 aliphatic carbocycles. The number of methoxy groups -OCH3 is 1. The van der Waals surface area contributed by atoms with E-state index < -0.39 is 0 Å². The van der Waals surface area contributed by atoms with E-state index in [0.717, 1.165) is 11.3 Å². The number of nitrogens with zero attached hydrogens (tertiary/aromatic N) is 1. The van der Waals surface area contributed by atoms with Crippen LogP contribution in [0.3, 0.4) is 0 Å². The molecule has 2 aromatic carbocycles. The third-order valence-corrected chi connectivity index (χ3v) is 3.49. The van der Waals surface area contributed by atoms with Crippen molar-refractivity contribution < 1.29 is 18.8 Å². The van der Waals surface area contributed by atoms with Crippen LogP contribution < -0.4 is 14.8 Å². The average Bonchev–Trinajstić information content (AvgIpc) is 3.15. The molecule has 1 N–H and O–H groups in total. The molecule has 0 bridgehead atoms. The summed E-state index contributed by atoms with van der Waals surface area (Å²) < 4.78 is 15.9. The number of ether oxygens (including phenoxy) is 2. The molecule has 6 nitrogen and oxygen atoms in total. The van der Waals surface area contributed by atoms with Gasteiger partial charge in [0.25, 0.3) is 5.91 Å². The van der Waals surface area contributed by atoms with Crippen molar-refractivity contribution in [3.63, 3.8) is 0 Å². The number of hydrogen-bond donors (Lipinski definition) is 1. The van der Waals surface area contributed by atoms with Crippen LogP contribution in [0, 0.1) is 0 Å². The van der Waals surface area contributed by atoms with Crippen molar-refractivity contribution in [2.24, 2.45) is 0 Å². The molecule has 3 aromatic rings. The summed E-state index contributed by atoms with van der Waals surface area (Å²) in [5.74, 6) is 1.78. The Kier molecular flexibility index (Phi) is 5.31. The number of nitrogens with one attached hydrogen (secondary N) is 1. The Bertz CT molecular complexity index is 830. The Balaban J connectivity index is 1.52. The van der Waals surface area contributed by atoms with Crippen molar-refractivity contribution in [2.75, 3.05) is 13.7 Å². The van der Waals surface area contributed by atoms with Crippen LogP contribution >= 0.6 is 0 Å². The molecule has 25 heavy (non-hydrogen) atoms. The van der Waals surface area contributed by atoms with Gasteiger partial charge in [-0.15, -0.1) is 0 Å². The van der Waals surface area contributed by atoms with Gasteiger partial charge in [0.1, 0.15) is 17.2 Å². The number of para-hydroxylation sites is 1. The van der Waals surface area contributed by atoms with Gasteiger partial charge in [-0.1, -0.05) is 35.5 Å². The SMILES string of the molecule is COc1cccc(-c2cc(CNC(=O)COc3ccccc3)no2)c1. The minimum atomic E-state index is -0.227. The van der Waals surface area contributed by atoms with Crippen molar-refractivity contribution in [3.8, 4) is 22.8 Å². The van der Waals surface area contributed by atoms with Crippen molar-refractivity contribution in [1.29, 1.82) is 0 Å². The van der Waals surface area contributed by atoms with Gasteiger partial charge in [-0.25, -0.2) is 0 Å². The molecule has 1 aromatic heterocycles. The largest absolute Gasteiger partial charge is 0.497 e. The van der Waals surface area contributed by atoms with E-state index in [1.165, 1.54) is 0 Å². The lowest BCUT2D eigenvalue weighted by atomic mass is 10.1. The smallest absolute Gasteiger partial charge is 0.258 e. The molecule has 0 aliphatic rings. The van der Waals surface area contributed by atoms with Crippen LogP contribution in [0.15, 0.2) is 65.2 Å². The van der Waals surface area contributed by atoms with E-state index in [9.17, 15) is 4.79 Å². The third kappa shape index (κ3) is 4.60. The first-order chi connectivity index (χ1) is 12.2. The van der Waals surface area contributed by atoms with Gasteiger partial charge in [-0.05, 0) is 24.3 Å². The number of amides is 1. The van der Waals surface area contributed by atoms with Crippen LogP contribution in [0.4, 0.5) is 0 Å². The molecule has 0 atom stereocenters. The summed E-state index contributed by atoms with van der Waals surface area (Å²) in [5, 5.41) is 6.71. The predicted octanol–water partition coefficient (Wildman–Crippen LogP) is 3.05. The summed E-state index contributed by atoms with van der Waals surface area (Å²) >= 11 is 0. The quantitative estimate of drug-likeness (QED) is 0.717. The van der Waals surface area contributed by atoms with E-state index in [1.807, 2.05) is 42.5 Å². The van der Waals surface area contributed by atoms with Crippen molar-refractivity contribution in [2.45, 2.75) is 6.54 Å². The first-order valence-electron chi connectivity index (χ1n) is 7.79. The van der Waals surface area contributed by atoms with E-state index >= 15 is 0 Å². The molecule has 0 radical (unpaired) electrons. The van der Waals surface area contributed by atoms with Gasteiger partial charge in [0, 0.05) is 11.6 Å². The molecule has 128 valence electrons. The van der Waals surface area contributed by atoms with Crippen molar-refractivity contribution >= 4 is 5.91 Å². The molecule has 3 rings (SSSR count). The van der Waals surface area contributed by atoms with Gasteiger partial charge in [-0.3, -0.25) is 4.79 Å². The molecule has 6 heteroatoms. The minimum absolute atomic E-state index is 0.0510. The zero-order valence-electron chi connectivity index (χ0n) is 13.8. The van der Waals surface area contributed by atoms with Crippen LogP contribution in [-0.2, 0) is 11.3 Å². The summed E-state index contributed by atoms with van der Waals surface area (Å²) in [7, 11) is 1.61. The summed E-state index contributed by atoms with van der Waals surface area (Å²) in [6.07, 6.45) is 0. The average molecular weight is 338 g/mol. The second-order valence-corrected chi connectivity index (χ2v) is 5.29. The lowest BCUT2D eigenvalue weighted by molar-refractivity contribution is -0.123. The standard InChI is InChI=1S/C19H18N2O4/c1-23-17-9-5-6-14(10-17)18-11-15(21-25-18)12-20-19(22)13-24-16-7-3-2-4-8-16/h2-11H,12-13H2,1H3,(H,20,22). The number of carbonyl (C=O) groups is 1. The van der Waals surface area contributed by atoms with Crippen molar-refractivity contribution in [1.82, 2.24) is 10.5 Å². The van der Waals surface area contributed by atoms with E-state index in [-0.39, 0.29) is 19.1 Å². The first kappa shape index (κ1) is 16.6. The molecular formula is C19H18N2O4. The molecule has 1 amide bonds. The maximum Gasteiger partial charge on any atom is 0.258 e. The van der Waals surface area contributed by atoms with E-state index in [4.69, 9.17) is 14.0 Å². The monoisotopic (exact) mass is 338 g/mol. The van der Waals surface area contributed by atoms with Crippen LogP contribution in [0.25, 0.3) is 11.3 Å².